The Hall–Kier alpha value is -2.46. The molecule has 0 rings (SSSR count). The van der Waals surface area contributed by atoms with Gasteiger partial charge in [0.25, 0.3) is 0 Å². The number of aliphatic hydroxyl groups excluding tert-OH is 1. The van der Waals surface area contributed by atoms with Crippen molar-refractivity contribution < 1.29 is 80.2 Å². The van der Waals surface area contributed by atoms with Crippen LogP contribution in [0, 0.1) is 17.8 Å². The molecule has 0 aromatic rings. The van der Waals surface area contributed by atoms with E-state index in [9.17, 15) is 43.2 Å². The predicted molar refractivity (Wildman–Crippen MR) is 363 cm³/mol. The van der Waals surface area contributed by atoms with Crippen LogP contribution < -0.4 is 0 Å². The Labute approximate surface area is 548 Å². The number of phosphoric acid groups is 2. The first-order valence-corrected chi connectivity index (χ1v) is 39.2. The summed E-state index contributed by atoms with van der Waals surface area (Å²) in [5.74, 6) is 0.0600. The fraction of sp³-hybridized carbons (Fsp3) is 0.887. The predicted octanol–water partition coefficient (Wildman–Crippen LogP) is 19.8. The zero-order valence-corrected chi connectivity index (χ0v) is 59.9. The Morgan fingerprint density at radius 1 is 0.367 bits per heavy atom. The molecule has 90 heavy (non-hydrogen) atoms. The van der Waals surface area contributed by atoms with Crippen LogP contribution in [0.25, 0.3) is 0 Å². The average molecular weight is 1320 g/mol. The van der Waals surface area contributed by atoms with E-state index >= 15 is 0 Å². The molecule has 0 spiro atoms. The van der Waals surface area contributed by atoms with Crippen LogP contribution in [0.2, 0.25) is 0 Å². The third-order valence-electron chi connectivity index (χ3n) is 16.1. The molecule has 0 aliphatic rings. The fourth-order valence-electron chi connectivity index (χ4n) is 10.1. The van der Waals surface area contributed by atoms with Crippen LogP contribution in [0.3, 0.4) is 0 Å². The Kier molecular flexibility index (Phi) is 59.7. The van der Waals surface area contributed by atoms with Crippen molar-refractivity contribution in [1.82, 2.24) is 0 Å². The van der Waals surface area contributed by atoms with E-state index in [1.54, 1.807) is 0 Å². The van der Waals surface area contributed by atoms with Crippen LogP contribution in [0.4, 0.5) is 0 Å². The molecule has 0 aromatic heterocycles. The number of hydrogen-bond donors (Lipinski definition) is 3. The number of phosphoric ester groups is 2. The maximum atomic E-state index is 13.0. The van der Waals surface area contributed by atoms with E-state index in [-0.39, 0.29) is 25.7 Å². The second-order valence-corrected chi connectivity index (χ2v) is 29.0. The molecule has 0 radical (unpaired) electrons. The van der Waals surface area contributed by atoms with Gasteiger partial charge in [0.15, 0.2) is 12.2 Å². The normalized spacial score (nSPS) is 14.7. The third kappa shape index (κ3) is 63.0. The summed E-state index contributed by atoms with van der Waals surface area (Å²) in [5.41, 5.74) is 0. The summed E-state index contributed by atoms with van der Waals surface area (Å²) in [4.78, 5) is 72.5. The number of hydrogen-bond acceptors (Lipinski definition) is 15. The van der Waals surface area contributed by atoms with Crippen molar-refractivity contribution in [2.75, 3.05) is 39.6 Å². The molecule has 4 unspecified atom stereocenters. The van der Waals surface area contributed by atoms with Gasteiger partial charge in [0.2, 0.25) is 0 Å². The smallest absolute Gasteiger partial charge is 0.462 e. The minimum Gasteiger partial charge on any atom is -0.462 e. The minimum atomic E-state index is -4.96. The van der Waals surface area contributed by atoms with E-state index in [0.29, 0.717) is 31.6 Å². The summed E-state index contributed by atoms with van der Waals surface area (Å²) in [6, 6.07) is 0. The first kappa shape index (κ1) is 87.5. The summed E-state index contributed by atoms with van der Waals surface area (Å²) < 4.78 is 68.2. The molecule has 0 heterocycles. The van der Waals surface area contributed by atoms with Crippen LogP contribution in [-0.2, 0) is 65.4 Å². The fourth-order valence-corrected chi connectivity index (χ4v) is 11.7. The molecular weight excluding hydrogens is 1190 g/mol. The van der Waals surface area contributed by atoms with E-state index in [0.717, 1.165) is 121 Å². The van der Waals surface area contributed by atoms with Crippen molar-refractivity contribution in [1.29, 1.82) is 0 Å². The van der Waals surface area contributed by atoms with Gasteiger partial charge < -0.3 is 33.8 Å². The number of unbranched alkanes of at least 4 members (excludes halogenated alkanes) is 31. The summed E-state index contributed by atoms with van der Waals surface area (Å²) in [5, 5.41) is 10.6. The first-order valence-electron chi connectivity index (χ1n) is 36.2. The number of carbonyl (C=O) groups is 4. The van der Waals surface area contributed by atoms with E-state index in [2.05, 4.69) is 72.8 Å². The van der Waals surface area contributed by atoms with Gasteiger partial charge in [-0.3, -0.25) is 37.3 Å². The highest BCUT2D eigenvalue weighted by Gasteiger charge is 2.30. The van der Waals surface area contributed by atoms with Gasteiger partial charge in [-0.1, -0.05) is 278 Å². The molecule has 0 aliphatic heterocycles. The Morgan fingerprint density at radius 3 is 0.989 bits per heavy atom. The van der Waals surface area contributed by atoms with Crippen LogP contribution in [0.5, 0.6) is 0 Å². The molecule has 0 aromatic carbocycles. The second kappa shape index (κ2) is 61.4. The average Bonchev–Trinajstić information content (AvgIpc) is 3.62. The first-order chi connectivity index (χ1) is 43.3. The van der Waals surface area contributed by atoms with Crippen molar-refractivity contribution in [2.45, 2.75) is 349 Å². The van der Waals surface area contributed by atoms with Gasteiger partial charge in [-0.25, -0.2) is 9.13 Å². The number of allylic oxidation sites excluding steroid dienone is 4. The molecule has 0 aliphatic carbocycles. The Morgan fingerprint density at radius 2 is 0.656 bits per heavy atom. The minimum absolute atomic E-state index is 0.0962. The summed E-state index contributed by atoms with van der Waals surface area (Å²) in [6.45, 7) is 11.7. The van der Waals surface area contributed by atoms with E-state index in [4.69, 9.17) is 37.0 Å². The number of esters is 4. The molecule has 17 nitrogen and oxygen atoms in total. The van der Waals surface area contributed by atoms with E-state index < -0.39 is 97.5 Å². The molecule has 0 bridgehead atoms. The maximum absolute atomic E-state index is 13.0. The topological polar surface area (TPSA) is 237 Å². The van der Waals surface area contributed by atoms with Gasteiger partial charge in [0, 0.05) is 25.7 Å². The van der Waals surface area contributed by atoms with Gasteiger partial charge in [-0.15, -0.1) is 0 Å². The van der Waals surface area contributed by atoms with Crippen LogP contribution in [0.15, 0.2) is 24.3 Å². The van der Waals surface area contributed by atoms with Crippen molar-refractivity contribution in [2.24, 2.45) is 17.8 Å². The molecule has 0 saturated carbocycles. The Bertz CT molecular complexity index is 1860. The van der Waals surface area contributed by atoms with Crippen LogP contribution in [0.1, 0.15) is 331 Å². The molecule has 530 valence electrons. The highest BCUT2D eigenvalue weighted by Crippen LogP contribution is 2.45. The largest absolute Gasteiger partial charge is 0.472 e. The number of carbonyl (C=O) groups excluding carboxylic acids is 4. The zero-order valence-electron chi connectivity index (χ0n) is 58.1. The molecular formula is C71H134O17P2. The van der Waals surface area contributed by atoms with Gasteiger partial charge in [-0.05, 0) is 69.1 Å². The highest BCUT2D eigenvalue weighted by molar-refractivity contribution is 7.47. The standard InChI is InChI=1S/C71H134O17P2/c1-8-10-11-12-13-14-15-16-17-18-19-23-31-38-45-52-68(73)81-59-67(88-71(76)55-48-41-34-27-29-36-43-50-63(5)6)61-86-90(79,80)84-57-65(72)56-83-89(77,78)85-60-66(58-82-69(74)53-46-39-32-26-25-28-35-42-49-62(3)4)87-70(75)54-47-40-33-24-21-20-22-30-37-44-51-64(7)9-2/h14-17,62-67,72H,8-13,18-61H2,1-7H3,(H,77,78)(H,79,80)/b15-14-,17-16-/t64?,65?,66-,67-/m1/s1. The van der Waals surface area contributed by atoms with Crippen LogP contribution >= 0.6 is 15.6 Å². The summed E-state index contributed by atoms with van der Waals surface area (Å²) in [6.07, 6.45) is 48.1. The summed E-state index contributed by atoms with van der Waals surface area (Å²) >= 11 is 0. The number of ether oxygens (including phenoxy) is 4. The van der Waals surface area contributed by atoms with Gasteiger partial charge in [0.05, 0.1) is 26.4 Å². The van der Waals surface area contributed by atoms with Gasteiger partial charge >= 0.3 is 39.5 Å². The molecule has 0 fully saturated rings. The summed E-state index contributed by atoms with van der Waals surface area (Å²) in [7, 11) is -9.91. The molecule has 19 heteroatoms. The SMILES string of the molecule is CCCCCC/C=C\C=C/CCCCCCCC(=O)OC[C@H](COP(=O)(O)OCC(O)COP(=O)(O)OC[C@@H](COC(=O)CCCCCCCCCCC(C)C)OC(=O)CCCCCCCCCCCCC(C)CC)OC(=O)CCCCCCCCCC(C)C. The lowest BCUT2D eigenvalue weighted by molar-refractivity contribution is -0.161. The lowest BCUT2D eigenvalue weighted by Gasteiger charge is -2.21. The maximum Gasteiger partial charge on any atom is 0.472 e. The van der Waals surface area contributed by atoms with E-state index in [1.807, 2.05) is 0 Å². The van der Waals surface area contributed by atoms with Crippen molar-refractivity contribution >= 4 is 39.5 Å². The Balaban J connectivity index is 5.27. The number of aliphatic hydroxyl groups is 1. The molecule has 0 amide bonds. The third-order valence-corrected chi connectivity index (χ3v) is 18.0. The molecule has 0 saturated heterocycles. The molecule has 3 N–H and O–H groups in total. The van der Waals surface area contributed by atoms with Crippen molar-refractivity contribution in [3.8, 4) is 0 Å². The highest BCUT2D eigenvalue weighted by atomic mass is 31.2. The van der Waals surface area contributed by atoms with Crippen molar-refractivity contribution in [3.63, 3.8) is 0 Å². The second-order valence-electron chi connectivity index (χ2n) is 26.1. The lowest BCUT2D eigenvalue weighted by atomic mass is 9.99. The monoisotopic (exact) mass is 1320 g/mol. The quantitative estimate of drug-likeness (QED) is 0.0169. The number of rotatable bonds is 67. The van der Waals surface area contributed by atoms with Gasteiger partial charge in [-0.2, -0.15) is 0 Å². The zero-order chi connectivity index (χ0) is 66.6. The van der Waals surface area contributed by atoms with E-state index in [1.165, 1.54) is 122 Å². The van der Waals surface area contributed by atoms with Crippen molar-refractivity contribution in [3.05, 3.63) is 24.3 Å². The van der Waals surface area contributed by atoms with Crippen LogP contribution in [-0.4, -0.2) is 96.7 Å². The lowest BCUT2D eigenvalue weighted by Crippen LogP contribution is -2.30. The van der Waals surface area contributed by atoms with Gasteiger partial charge in [0.1, 0.15) is 19.3 Å². The molecule has 6 atom stereocenters.